The van der Waals surface area contributed by atoms with Crippen LogP contribution in [0.25, 0.3) is 0 Å². The topological polar surface area (TPSA) is 24.4 Å². The van der Waals surface area contributed by atoms with Crippen LogP contribution in [-0.4, -0.2) is 18.3 Å². The molecule has 0 aliphatic rings. The molecule has 0 saturated carbocycles. The Labute approximate surface area is 66.8 Å². The number of nitrogens with zero attached hydrogens (tertiary/aromatic N) is 1. The Morgan fingerprint density at radius 2 is 2.40 bits per heavy atom. The lowest BCUT2D eigenvalue weighted by atomic mass is 10.7. The third kappa shape index (κ3) is 4.44. The first-order valence-electron chi connectivity index (χ1n) is 3.41. The number of thioether (sulfide) groups is 1. The number of amidine groups is 1. The summed E-state index contributed by atoms with van der Waals surface area (Å²) in [5.41, 5.74) is 0. The zero-order chi connectivity index (χ0) is 7.82. The first-order valence-corrected chi connectivity index (χ1v) is 4.29. The van der Waals surface area contributed by atoms with Gasteiger partial charge in [-0.05, 0) is 19.3 Å². The Bertz CT molecular complexity index is 121. The van der Waals surface area contributed by atoms with E-state index in [-0.39, 0.29) is 0 Å². The van der Waals surface area contributed by atoms with Gasteiger partial charge in [0.2, 0.25) is 0 Å². The molecule has 0 heterocycles. The van der Waals surface area contributed by atoms with E-state index in [4.69, 9.17) is 0 Å². The molecule has 0 aromatic carbocycles. The molecular formula is C7H14N2S. The summed E-state index contributed by atoms with van der Waals surface area (Å²) in [5.74, 6) is 0. The molecule has 1 N–H and O–H groups in total. The highest BCUT2D eigenvalue weighted by atomic mass is 32.2. The van der Waals surface area contributed by atoms with E-state index >= 15 is 0 Å². The molecule has 0 aliphatic heterocycles. The average Bonchev–Trinajstić information content (AvgIpc) is 1.90. The SMILES string of the molecule is C=CSC(=NCC)NCC. The molecule has 0 aromatic rings. The Morgan fingerprint density at radius 3 is 2.80 bits per heavy atom. The van der Waals surface area contributed by atoms with Crippen molar-refractivity contribution in [3.05, 3.63) is 12.0 Å². The van der Waals surface area contributed by atoms with Gasteiger partial charge in [-0.3, -0.25) is 4.99 Å². The highest BCUT2D eigenvalue weighted by Crippen LogP contribution is 2.00. The third-order valence-electron chi connectivity index (χ3n) is 0.825. The van der Waals surface area contributed by atoms with E-state index in [9.17, 15) is 0 Å². The predicted molar refractivity (Wildman–Crippen MR) is 49.4 cm³/mol. The summed E-state index contributed by atoms with van der Waals surface area (Å²) >= 11 is 1.53. The second kappa shape index (κ2) is 6.68. The fourth-order valence-electron chi connectivity index (χ4n) is 0.509. The van der Waals surface area contributed by atoms with Crippen molar-refractivity contribution in [3.8, 4) is 0 Å². The normalized spacial score (nSPS) is 11.2. The molecule has 0 unspecified atom stereocenters. The molecule has 0 fully saturated rings. The number of hydrogen-bond acceptors (Lipinski definition) is 2. The van der Waals surface area contributed by atoms with Gasteiger partial charge in [-0.25, -0.2) is 0 Å². The van der Waals surface area contributed by atoms with Crippen LogP contribution in [0.3, 0.4) is 0 Å². The van der Waals surface area contributed by atoms with Crippen LogP contribution < -0.4 is 5.32 Å². The predicted octanol–water partition coefficient (Wildman–Crippen LogP) is 1.85. The standard InChI is InChI=1S/C7H14N2S/c1-4-8-7(9-5-2)10-6-3/h6H,3-5H2,1-2H3,(H,8,9). The molecule has 0 rings (SSSR count). The molecular weight excluding hydrogens is 144 g/mol. The lowest BCUT2D eigenvalue weighted by Crippen LogP contribution is -2.19. The van der Waals surface area contributed by atoms with Crippen LogP contribution in [0.4, 0.5) is 0 Å². The van der Waals surface area contributed by atoms with Crippen LogP contribution in [0.1, 0.15) is 13.8 Å². The van der Waals surface area contributed by atoms with E-state index in [0.29, 0.717) is 0 Å². The maximum absolute atomic E-state index is 4.20. The van der Waals surface area contributed by atoms with Crippen molar-refractivity contribution in [2.24, 2.45) is 4.99 Å². The zero-order valence-electron chi connectivity index (χ0n) is 6.55. The number of aliphatic imine (C=N–C) groups is 1. The van der Waals surface area contributed by atoms with Crippen molar-refractivity contribution in [2.45, 2.75) is 13.8 Å². The second-order valence-electron chi connectivity index (χ2n) is 1.59. The third-order valence-corrected chi connectivity index (χ3v) is 1.49. The quantitative estimate of drug-likeness (QED) is 0.500. The summed E-state index contributed by atoms with van der Waals surface area (Å²) in [5, 5.41) is 5.86. The summed E-state index contributed by atoms with van der Waals surface area (Å²) in [7, 11) is 0. The van der Waals surface area contributed by atoms with Gasteiger partial charge in [0, 0.05) is 13.1 Å². The summed E-state index contributed by atoms with van der Waals surface area (Å²) in [6.45, 7) is 9.41. The zero-order valence-corrected chi connectivity index (χ0v) is 7.37. The van der Waals surface area contributed by atoms with Gasteiger partial charge >= 0.3 is 0 Å². The van der Waals surface area contributed by atoms with Crippen molar-refractivity contribution in [3.63, 3.8) is 0 Å². The molecule has 3 heteroatoms. The monoisotopic (exact) mass is 158 g/mol. The van der Waals surface area contributed by atoms with Crippen LogP contribution in [-0.2, 0) is 0 Å². The fraction of sp³-hybridized carbons (Fsp3) is 0.571. The summed E-state index contributed by atoms with van der Waals surface area (Å²) in [6.07, 6.45) is 0. The highest BCUT2D eigenvalue weighted by molar-refractivity contribution is 8.16. The Hall–Kier alpha value is -0.440. The second-order valence-corrected chi connectivity index (χ2v) is 2.55. The van der Waals surface area contributed by atoms with Crippen LogP contribution in [0, 0.1) is 0 Å². The molecule has 0 saturated heterocycles. The molecule has 2 nitrogen and oxygen atoms in total. The van der Waals surface area contributed by atoms with Gasteiger partial charge in [-0.2, -0.15) is 0 Å². The Morgan fingerprint density at radius 1 is 1.70 bits per heavy atom. The van der Waals surface area contributed by atoms with Crippen LogP contribution in [0.15, 0.2) is 17.0 Å². The molecule has 0 spiro atoms. The Balaban J connectivity index is 3.71. The van der Waals surface area contributed by atoms with Gasteiger partial charge in [0.15, 0.2) is 5.17 Å². The van der Waals surface area contributed by atoms with E-state index in [0.717, 1.165) is 18.3 Å². The summed E-state index contributed by atoms with van der Waals surface area (Å²) in [4.78, 5) is 4.20. The van der Waals surface area contributed by atoms with Crippen molar-refractivity contribution < 1.29 is 0 Å². The Kier molecular flexibility index (Phi) is 6.38. The molecule has 0 bridgehead atoms. The number of nitrogens with one attached hydrogen (secondary N) is 1. The van der Waals surface area contributed by atoms with Crippen LogP contribution in [0.2, 0.25) is 0 Å². The van der Waals surface area contributed by atoms with Gasteiger partial charge in [-0.1, -0.05) is 18.3 Å². The van der Waals surface area contributed by atoms with Crippen LogP contribution in [0.5, 0.6) is 0 Å². The molecule has 0 aliphatic carbocycles. The van der Waals surface area contributed by atoms with E-state index in [1.54, 1.807) is 5.41 Å². The highest BCUT2D eigenvalue weighted by Gasteiger charge is 1.90. The van der Waals surface area contributed by atoms with Gasteiger partial charge in [-0.15, -0.1) is 0 Å². The van der Waals surface area contributed by atoms with Crippen molar-refractivity contribution in [2.75, 3.05) is 13.1 Å². The summed E-state index contributed by atoms with van der Waals surface area (Å²) < 4.78 is 0. The minimum absolute atomic E-state index is 0.823. The molecule has 10 heavy (non-hydrogen) atoms. The molecule has 0 radical (unpaired) electrons. The average molecular weight is 158 g/mol. The van der Waals surface area contributed by atoms with E-state index in [1.165, 1.54) is 11.8 Å². The van der Waals surface area contributed by atoms with Gasteiger partial charge in [0.25, 0.3) is 0 Å². The first kappa shape index (κ1) is 9.56. The van der Waals surface area contributed by atoms with Gasteiger partial charge in [0.05, 0.1) is 0 Å². The smallest absolute Gasteiger partial charge is 0.160 e. The minimum atomic E-state index is 0.823. The number of rotatable bonds is 3. The molecule has 0 atom stereocenters. The van der Waals surface area contributed by atoms with Crippen LogP contribution >= 0.6 is 11.8 Å². The van der Waals surface area contributed by atoms with Crippen molar-refractivity contribution >= 4 is 16.9 Å². The van der Waals surface area contributed by atoms with E-state index < -0.39 is 0 Å². The maximum Gasteiger partial charge on any atom is 0.160 e. The lowest BCUT2D eigenvalue weighted by molar-refractivity contribution is 0.965. The summed E-state index contributed by atoms with van der Waals surface area (Å²) in [6, 6.07) is 0. The van der Waals surface area contributed by atoms with Gasteiger partial charge in [0.1, 0.15) is 0 Å². The van der Waals surface area contributed by atoms with Crippen molar-refractivity contribution in [1.82, 2.24) is 5.32 Å². The largest absolute Gasteiger partial charge is 0.365 e. The van der Waals surface area contributed by atoms with Gasteiger partial charge < -0.3 is 5.32 Å². The number of hydrogen-bond donors (Lipinski definition) is 1. The fourth-order valence-corrected chi connectivity index (χ4v) is 1.10. The van der Waals surface area contributed by atoms with E-state index in [1.807, 2.05) is 6.92 Å². The lowest BCUT2D eigenvalue weighted by Gasteiger charge is -2.02. The van der Waals surface area contributed by atoms with E-state index in [2.05, 4.69) is 23.8 Å². The maximum atomic E-state index is 4.20. The molecule has 58 valence electrons. The molecule has 0 aromatic heterocycles. The van der Waals surface area contributed by atoms with Crippen molar-refractivity contribution in [1.29, 1.82) is 0 Å². The molecule has 0 amide bonds. The first-order chi connectivity index (χ1) is 4.85. The minimum Gasteiger partial charge on any atom is -0.365 e.